The van der Waals surface area contributed by atoms with Gasteiger partial charge in [0.15, 0.2) is 0 Å². The summed E-state index contributed by atoms with van der Waals surface area (Å²) in [6, 6.07) is 7.54. The lowest BCUT2D eigenvalue weighted by Gasteiger charge is -2.26. The number of aliphatic hydroxyl groups excluding tert-OH is 1. The predicted octanol–water partition coefficient (Wildman–Crippen LogP) is 3.18. The predicted molar refractivity (Wildman–Crippen MR) is 132 cm³/mol. The van der Waals surface area contributed by atoms with Crippen LogP contribution in [0.1, 0.15) is 34.5 Å². The number of carbonyl (C=O) groups is 2. The maximum absolute atomic E-state index is 13.9. The van der Waals surface area contributed by atoms with Crippen molar-refractivity contribution in [1.82, 2.24) is 20.2 Å². The largest absolute Gasteiger partial charge is 0.497 e. The van der Waals surface area contributed by atoms with E-state index in [4.69, 9.17) is 16.3 Å². The minimum absolute atomic E-state index is 0.236. The number of benzene rings is 2. The molecular formula is C25H25ClFN5O4. The molecule has 2 atom stereocenters. The molecule has 2 heterocycles. The fourth-order valence-corrected chi connectivity index (χ4v) is 4.25. The minimum Gasteiger partial charge on any atom is -0.497 e. The van der Waals surface area contributed by atoms with E-state index in [1.165, 1.54) is 36.4 Å². The van der Waals surface area contributed by atoms with E-state index in [9.17, 15) is 19.1 Å². The Kier molecular flexibility index (Phi) is 7.37. The summed E-state index contributed by atoms with van der Waals surface area (Å²) in [4.78, 5) is 36.2. The number of rotatable bonds is 8. The summed E-state index contributed by atoms with van der Waals surface area (Å²) in [5.41, 5.74) is 2.67. The van der Waals surface area contributed by atoms with Gasteiger partial charge >= 0.3 is 0 Å². The molecule has 0 fully saturated rings. The molecule has 0 bridgehead atoms. The molecule has 0 saturated carbocycles. The van der Waals surface area contributed by atoms with Crippen molar-refractivity contribution in [2.75, 3.05) is 26.1 Å². The second-order valence-electron chi connectivity index (χ2n) is 8.29. The quantitative estimate of drug-likeness (QED) is 0.423. The van der Waals surface area contributed by atoms with Crippen molar-refractivity contribution in [3.8, 4) is 17.0 Å². The molecule has 0 aliphatic carbocycles. The molecule has 2 unspecified atom stereocenters. The number of halogens is 2. The zero-order valence-corrected chi connectivity index (χ0v) is 20.6. The maximum atomic E-state index is 13.9. The Morgan fingerprint density at radius 1 is 1.31 bits per heavy atom. The van der Waals surface area contributed by atoms with Gasteiger partial charge in [0.25, 0.3) is 5.91 Å². The smallest absolute Gasteiger partial charge is 0.255 e. The van der Waals surface area contributed by atoms with Gasteiger partial charge in [-0.05, 0) is 36.2 Å². The lowest BCUT2D eigenvalue weighted by atomic mass is 10.0. The summed E-state index contributed by atoms with van der Waals surface area (Å²) in [6.07, 6.45) is 1.48. The highest BCUT2D eigenvalue weighted by molar-refractivity contribution is 6.33. The lowest BCUT2D eigenvalue weighted by molar-refractivity contribution is -0.126. The summed E-state index contributed by atoms with van der Waals surface area (Å²) in [7, 11) is 3.09. The van der Waals surface area contributed by atoms with Crippen molar-refractivity contribution >= 4 is 29.4 Å². The summed E-state index contributed by atoms with van der Waals surface area (Å²) in [6.45, 7) is 1.37. The van der Waals surface area contributed by atoms with Crippen molar-refractivity contribution in [2.24, 2.45) is 0 Å². The molecular weight excluding hydrogens is 489 g/mol. The molecule has 1 aliphatic rings. The van der Waals surface area contributed by atoms with Gasteiger partial charge in [0.2, 0.25) is 11.9 Å². The van der Waals surface area contributed by atoms with Gasteiger partial charge in [-0.2, -0.15) is 0 Å². The number of nitrogens with zero attached hydrogens (tertiary/aromatic N) is 3. The van der Waals surface area contributed by atoms with Crippen LogP contribution in [0, 0.1) is 5.82 Å². The average molecular weight is 514 g/mol. The Labute approximate surface area is 212 Å². The monoisotopic (exact) mass is 513 g/mol. The number of nitrogens with one attached hydrogen (secondary N) is 2. The van der Waals surface area contributed by atoms with Crippen LogP contribution in [0.4, 0.5) is 10.3 Å². The van der Waals surface area contributed by atoms with E-state index in [1.54, 1.807) is 26.1 Å². The van der Waals surface area contributed by atoms with Crippen LogP contribution in [0.5, 0.6) is 5.75 Å². The van der Waals surface area contributed by atoms with Crippen LogP contribution in [-0.4, -0.2) is 58.6 Å². The summed E-state index contributed by atoms with van der Waals surface area (Å²) in [5.74, 6) is -0.714. The molecule has 2 amide bonds. The van der Waals surface area contributed by atoms with Crippen LogP contribution in [0.25, 0.3) is 11.3 Å². The van der Waals surface area contributed by atoms with Crippen LogP contribution < -0.4 is 15.4 Å². The van der Waals surface area contributed by atoms with Gasteiger partial charge < -0.3 is 25.4 Å². The summed E-state index contributed by atoms with van der Waals surface area (Å²) in [5, 5.41) is 15.7. The number of methoxy groups -OCH3 is 1. The third-order valence-electron chi connectivity index (χ3n) is 6.06. The maximum Gasteiger partial charge on any atom is 0.255 e. The number of ether oxygens (including phenoxy) is 1. The highest BCUT2D eigenvalue weighted by Crippen LogP contribution is 2.32. The van der Waals surface area contributed by atoms with Crippen LogP contribution in [0.15, 0.2) is 42.6 Å². The van der Waals surface area contributed by atoms with Gasteiger partial charge in [0.05, 0.1) is 36.7 Å². The third-order valence-corrected chi connectivity index (χ3v) is 6.34. The number of amides is 2. The Hall–Kier alpha value is -3.76. The molecule has 4 rings (SSSR count). The second kappa shape index (κ2) is 10.5. The minimum atomic E-state index is -0.877. The Morgan fingerprint density at radius 2 is 2.08 bits per heavy atom. The fourth-order valence-electron chi connectivity index (χ4n) is 4.05. The van der Waals surface area contributed by atoms with Crippen LogP contribution in [0.2, 0.25) is 5.02 Å². The molecule has 3 aromatic rings. The summed E-state index contributed by atoms with van der Waals surface area (Å²) < 4.78 is 19.0. The molecule has 2 aromatic carbocycles. The standard InChI is InChI=1S/C25H25ClFN5O4/c1-13(23(34)30-21(12-33)16-6-17(27)9-18(7-16)36-3)32-11-15-5-4-14(8-19(15)24(32)35)22-20(26)10-29-25(28-2)31-22/h4-10,13,21,33H,11-12H2,1-3H3,(H,30,34)(H,28,29,31). The van der Waals surface area contributed by atoms with E-state index in [1.807, 2.05) is 6.07 Å². The van der Waals surface area contributed by atoms with Crippen molar-refractivity contribution in [1.29, 1.82) is 0 Å². The Morgan fingerprint density at radius 3 is 2.78 bits per heavy atom. The Balaban J connectivity index is 1.53. The summed E-state index contributed by atoms with van der Waals surface area (Å²) >= 11 is 6.28. The molecule has 0 saturated heterocycles. The van der Waals surface area contributed by atoms with E-state index in [0.29, 0.717) is 33.4 Å². The number of hydrogen-bond acceptors (Lipinski definition) is 7. The van der Waals surface area contributed by atoms with Gasteiger partial charge in [-0.15, -0.1) is 0 Å². The van der Waals surface area contributed by atoms with E-state index in [0.717, 1.165) is 5.56 Å². The first-order chi connectivity index (χ1) is 17.2. The zero-order chi connectivity index (χ0) is 26.0. The highest BCUT2D eigenvalue weighted by atomic mass is 35.5. The van der Waals surface area contributed by atoms with E-state index in [2.05, 4.69) is 20.6 Å². The van der Waals surface area contributed by atoms with Crippen LogP contribution in [0.3, 0.4) is 0 Å². The van der Waals surface area contributed by atoms with Gasteiger partial charge in [0.1, 0.15) is 17.6 Å². The molecule has 11 heteroatoms. The molecule has 3 N–H and O–H groups in total. The average Bonchev–Trinajstić information content (AvgIpc) is 3.22. The van der Waals surface area contributed by atoms with Crippen molar-refractivity contribution in [2.45, 2.75) is 25.6 Å². The molecule has 188 valence electrons. The number of aromatic nitrogens is 2. The molecule has 1 aliphatic heterocycles. The topological polar surface area (TPSA) is 117 Å². The van der Waals surface area contributed by atoms with Crippen molar-refractivity contribution in [3.63, 3.8) is 0 Å². The molecule has 36 heavy (non-hydrogen) atoms. The molecule has 9 nitrogen and oxygen atoms in total. The normalized spacial score (nSPS) is 14.3. The second-order valence-corrected chi connectivity index (χ2v) is 8.70. The van der Waals surface area contributed by atoms with E-state index >= 15 is 0 Å². The van der Waals surface area contributed by atoms with Crippen molar-refractivity contribution < 1.29 is 23.8 Å². The molecule has 0 spiro atoms. The van der Waals surface area contributed by atoms with E-state index < -0.39 is 30.4 Å². The van der Waals surface area contributed by atoms with Crippen LogP contribution >= 0.6 is 11.6 Å². The van der Waals surface area contributed by atoms with Crippen molar-refractivity contribution in [3.05, 3.63) is 70.1 Å². The van der Waals surface area contributed by atoms with Crippen LogP contribution in [-0.2, 0) is 11.3 Å². The highest BCUT2D eigenvalue weighted by Gasteiger charge is 2.35. The number of fused-ring (bicyclic) bond motifs is 1. The number of carbonyl (C=O) groups excluding carboxylic acids is 2. The number of aliphatic hydroxyl groups is 1. The van der Waals surface area contributed by atoms with Gasteiger partial charge in [0, 0.05) is 30.8 Å². The number of anilines is 1. The third kappa shape index (κ3) is 4.95. The number of hydrogen-bond donors (Lipinski definition) is 3. The van der Waals surface area contributed by atoms with Gasteiger partial charge in [-0.1, -0.05) is 23.7 Å². The first-order valence-corrected chi connectivity index (χ1v) is 11.5. The zero-order valence-electron chi connectivity index (χ0n) is 19.9. The van der Waals surface area contributed by atoms with Gasteiger partial charge in [-0.3, -0.25) is 9.59 Å². The lowest BCUT2D eigenvalue weighted by Crippen LogP contribution is -2.46. The first kappa shape index (κ1) is 25.3. The fraction of sp³-hybridized carbons (Fsp3) is 0.280. The SMILES string of the molecule is CNc1ncc(Cl)c(-c2ccc3c(c2)C(=O)N(C(C)C(=O)NC(CO)c2cc(F)cc(OC)c2)C3)n1. The van der Waals surface area contributed by atoms with Gasteiger partial charge in [-0.25, -0.2) is 14.4 Å². The molecule has 1 aromatic heterocycles. The Bertz CT molecular complexity index is 1320. The first-order valence-electron chi connectivity index (χ1n) is 11.2. The molecule has 0 radical (unpaired) electrons. The van der Waals surface area contributed by atoms with E-state index in [-0.39, 0.29) is 18.2 Å².